The van der Waals surface area contributed by atoms with Gasteiger partial charge in [-0.05, 0) is 0 Å². The van der Waals surface area contributed by atoms with Gasteiger partial charge in [0, 0.05) is 0 Å². The Labute approximate surface area is 186 Å². The molecule has 24 heavy (non-hydrogen) atoms. The third-order valence-corrected chi connectivity index (χ3v) is 3.41. The predicted octanol–water partition coefficient (Wildman–Crippen LogP) is -0.150. The van der Waals surface area contributed by atoms with Crippen LogP contribution in [0.25, 0.3) is 0 Å². The molecule has 0 amide bonds. The van der Waals surface area contributed by atoms with Crippen LogP contribution in [-0.4, -0.2) is 63.0 Å². The molecule has 0 aliphatic rings. The molecule has 12 heteroatoms. The second-order valence-corrected chi connectivity index (χ2v) is 7.81. The molecule has 0 saturated carbocycles. The molecular weight excluding hydrogens is 382 g/mol. The van der Waals surface area contributed by atoms with Gasteiger partial charge in [-0.15, -0.1) is 0 Å². The van der Waals surface area contributed by atoms with Gasteiger partial charge in [0.2, 0.25) is 10.4 Å². The van der Waals surface area contributed by atoms with E-state index < -0.39 is 20.8 Å². The molecule has 0 aromatic heterocycles. The molecule has 0 saturated heterocycles. The molecule has 0 aliphatic carbocycles. The summed E-state index contributed by atoms with van der Waals surface area (Å²) in [4.78, 5) is 0. The summed E-state index contributed by atoms with van der Waals surface area (Å²) in [6.07, 6.45) is 14.7. The maximum absolute atomic E-state index is 8.74. The summed E-state index contributed by atoms with van der Waals surface area (Å²) in [6.45, 7) is 2.29. The molecule has 0 atom stereocenters. The summed E-state index contributed by atoms with van der Waals surface area (Å²) in [6, 6.07) is 0. The monoisotopic (exact) mass is 410 g/mol. The minimum Gasteiger partial charge on any atom is -0.726 e. The van der Waals surface area contributed by atoms with Gasteiger partial charge in [-0.3, -0.25) is 13.7 Å². The van der Waals surface area contributed by atoms with Gasteiger partial charge in [-0.1, -0.05) is 0 Å². The molecule has 0 rings (SSSR count). The standard InChI is InChI=1S/C12H25.2Na.2H2O4S/c1-3-5-7-9-11-12-10-8-6-4-2;;;2*1-5(2,3)4/h1,3-12H2,2H3;;;2*(H2,1,2,3,4)/q;;+1;;/p-1. The molecule has 0 radical (unpaired) electrons. The first-order chi connectivity index (χ1) is 10.4. The van der Waals surface area contributed by atoms with E-state index in [-0.39, 0.29) is 29.6 Å². The Kier molecular flexibility index (Phi) is 31.6. The minimum atomic E-state index is -4.92. The largest absolute Gasteiger partial charge is 1.00 e. The average molecular weight is 410 g/mol. The van der Waals surface area contributed by atoms with E-state index in [9.17, 15) is 0 Å². The zero-order chi connectivity index (χ0) is 18.8. The van der Waals surface area contributed by atoms with Crippen molar-refractivity contribution in [1.29, 1.82) is 0 Å². The molecule has 0 aromatic rings. The molecule has 0 aromatic carbocycles. The van der Waals surface area contributed by atoms with Crippen molar-refractivity contribution in [3.8, 4) is 0 Å². The van der Waals surface area contributed by atoms with E-state index in [2.05, 4.69) is 6.92 Å². The number of rotatable bonds is 10. The Hall–Kier alpha value is 1.74. The topological polar surface area (TPSA) is 152 Å². The minimum absolute atomic E-state index is 0. The van der Waals surface area contributed by atoms with Crippen LogP contribution in [0.2, 0.25) is 3.67 Å². The van der Waals surface area contributed by atoms with Crippen LogP contribution in [-0.2, 0) is 20.8 Å². The molecule has 0 spiro atoms. The molecule has 0 fully saturated rings. The number of hydrogen-bond donors (Lipinski definition) is 3. The Balaban J connectivity index is -0.000000151. The summed E-state index contributed by atoms with van der Waals surface area (Å²) in [5.74, 6) is 0. The van der Waals surface area contributed by atoms with Gasteiger partial charge in [0.25, 0.3) is 0 Å². The summed E-state index contributed by atoms with van der Waals surface area (Å²) in [5.41, 5.74) is 0. The fraction of sp³-hybridized carbons (Fsp3) is 1.00. The average Bonchev–Trinajstić information content (AvgIpc) is 2.33. The zero-order valence-electron chi connectivity index (χ0n) is 15.0. The first-order valence-corrected chi connectivity index (χ1v) is 12.0. The molecule has 0 bridgehead atoms. The van der Waals surface area contributed by atoms with Crippen LogP contribution in [0.15, 0.2) is 0 Å². The van der Waals surface area contributed by atoms with E-state index in [1.807, 2.05) is 0 Å². The molecule has 0 aliphatic heterocycles. The smallest absolute Gasteiger partial charge is 0.726 e. The predicted molar refractivity (Wildman–Crippen MR) is 88.9 cm³/mol. The Morgan fingerprint density at radius 3 is 1.17 bits per heavy atom. The maximum Gasteiger partial charge on any atom is 1.00 e. The van der Waals surface area contributed by atoms with E-state index in [4.69, 9.17) is 35.0 Å². The van der Waals surface area contributed by atoms with E-state index in [1.54, 1.807) is 0 Å². The summed E-state index contributed by atoms with van der Waals surface area (Å²) >= 11 is 1.41. The Morgan fingerprint density at radius 1 is 0.750 bits per heavy atom. The second kappa shape index (κ2) is 22.8. The zero-order valence-corrected chi connectivity index (χ0v) is 20.6. The van der Waals surface area contributed by atoms with Crippen LogP contribution in [0.4, 0.5) is 0 Å². The fourth-order valence-corrected chi connectivity index (χ4v) is 2.24. The molecule has 138 valence electrons. The molecule has 0 heterocycles. The van der Waals surface area contributed by atoms with Gasteiger partial charge in [0.15, 0.2) is 0 Å². The van der Waals surface area contributed by atoms with Crippen molar-refractivity contribution in [3.63, 3.8) is 0 Å². The summed E-state index contributed by atoms with van der Waals surface area (Å²) in [5, 5.41) is 0. The van der Waals surface area contributed by atoms with Crippen LogP contribution in [0.5, 0.6) is 0 Å². The fourth-order valence-electron chi connectivity index (χ4n) is 1.74. The van der Waals surface area contributed by atoms with Crippen LogP contribution >= 0.6 is 0 Å². The van der Waals surface area contributed by atoms with E-state index >= 15 is 0 Å². The van der Waals surface area contributed by atoms with Crippen molar-refractivity contribution in [1.82, 2.24) is 0 Å². The molecule has 0 unspecified atom stereocenters. The first kappa shape index (κ1) is 33.3. The Bertz CT molecular complexity index is 370. The van der Waals surface area contributed by atoms with Gasteiger partial charge in [-0.2, -0.15) is 8.42 Å². The Morgan fingerprint density at radius 2 is 0.958 bits per heavy atom. The van der Waals surface area contributed by atoms with E-state index in [1.165, 1.54) is 95.8 Å². The van der Waals surface area contributed by atoms with Gasteiger partial charge in [0.05, 0.1) is 0 Å². The van der Waals surface area contributed by atoms with Crippen molar-refractivity contribution in [2.24, 2.45) is 0 Å². The van der Waals surface area contributed by atoms with Crippen LogP contribution in [0.3, 0.4) is 0 Å². The van der Waals surface area contributed by atoms with Crippen molar-refractivity contribution in [2.75, 3.05) is 0 Å². The van der Waals surface area contributed by atoms with Gasteiger partial charge in [0.1, 0.15) is 0 Å². The number of hydrogen-bond acceptors (Lipinski definition) is 5. The summed E-state index contributed by atoms with van der Waals surface area (Å²) < 4.78 is 65.9. The van der Waals surface area contributed by atoms with Crippen molar-refractivity contribution in [2.45, 2.75) is 74.8 Å². The van der Waals surface area contributed by atoms with Crippen molar-refractivity contribution in [3.05, 3.63) is 0 Å². The van der Waals surface area contributed by atoms with Crippen molar-refractivity contribution < 1.29 is 64.6 Å². The molecule has 3 N–H and O–H groups in total. The normalized spacial score (nSPS) is 10.6. The van der Waals surface area contributed by atoms with Crippen LogP contribution in [0.1, 0.15) is 71.1 Å². The van der Waals surface area contributed by atoms with E-state index in [0.29, 0.717) is 0 Å². The third-order valence-electron chi connectivity index (χ3n) is 2.71. The van der Waals surface area contributed by atoms with Gasteiger partial charge in [-0.25, -0.2) is 8.42 Å². The van der Waals surface area contributed by atoms with Crippen LogP contribution in [0, 0.1) is 0 Å². The third kappa shape index (κ3) is 89.1. The van der Waals surface area contributed by atoms with Crippen molar-refractivity contribution >= 4 is 48.7 Å². The quantitative estimate of drug-likeness (QED) is 0.195. The van der Waals surface area contributed by atoms with Crippen LogP contribution < -0.4 is 29.6 Å². The molecule has 8 nitrogen and oxygen atoms in total. The van der Waals surface area contributed by atoms with E-state index in [0.717, 1.165) is 0 Å². The first-order valence-electron chi connectivity index (χ1n) is 7.80. The SMILES string of the molecule is CCCCCCCCCCC[CH2][Na].O=S(=O)(O)O.O=S(=O)([O-])O.[Na+]. The second-order valence-electron chi connectivity index (χ2n) is 5.06. The van der Waals surface area contributed by atoms with Gasteiger partial charge >= 0.3 is 143 Å². The maximum atomic E-state index is 8.74. The number of unbranched alkanes of at least 4 members (excludes halogenated alkanes) is 9. The van der Waals surface area contributed by atoms with Gasteiger partial charge < -0.3 is 4.55 Å². The molecular formula is C12H28Na2O8S2. The summed E-state index contributed by atoms with van der Waals surface area (Å²) in [7, 11) is -9.58.